The molecule has 0 amide bonds. The van der Waals surface area contributed by atoms with E-state index in [0.717, 1.165) is 24.5 Å². The third-order valence-corrected chi connectivity index (χ3v) is 3.00. The zero-order chi connectivity index (χ0) is 14.2. The van der Waals surface area contributed by atoms with Crippen LogP contribution in [-0.2, 0) is 17.8 Å². The number of hydrogen-bond acceptors (Lipinski definition) is 4. The molecule has 0 aliphatic heterocycles. The van der Waals surface area contributed by atoms with Crippen LogP contribution in [0.25, 0.3) is 0 Å². The van der Waals surface area contributed by atoms with Gasteiger partial charge in [0.2, 0.25) is 0 Å². The van der Waals surface area contributed by atoms with E-state index in [0.29, 0.717) is 18.7 Å². The van der Waals surface area contributed by atoms with E-state index < -0.39 is 0 Å². The van der Waals surface area contributed by atoms with Gasteiger partial charge >= 0.3 is 0 Å². The number of nitriles is 1. The van der Waals surface area contributed by atoms with E-state index in [4.69, 9.17) is 10.00 Å². The molecular weight excluding hydrogens is 252 g/mol. The molecule has 0 aliphatic carbocycles. The Morgan fingerprint density at radius 3 is 2.85 bits per heavy atom. The maximum Gasteiger partial charge on any atom is 0.122 e. The third kappa shape index (κ3) is 3.92. The molecule has 0 radical (unpaired) electrons. The molecule has 0 aliphatic rings. The Morgan fingerprint density at radius 2 is 2.15 bits per heavy atom. The lowest BCUT2D eigenvalue weighted by Crippen LogP contribution is -2.21. The Kier molecular flexibility index (Phi) is 5.30. The van der Waals surface area contributed by atoms with Crippen molar-refractivity contribution in [2.24, 2.45) is 0 Å². The minimum atomic E-state index is 0.681. The first-order valence-corrected chi connectivity index (χ1v) is 6.52. The van der Waals surface area contributed by atoms with Crippen LogP contribution in [0.3, 0.4) is 0 Å². The molecule has 104 valence electrons. The summed E-state index contributed by atoms with van der Waals surface area (Å²) in [6.07, 6.45) is 3.77. The minimum Gasteiger partial charge on any atom is -0.383 e. The van der Waals surface area contributed by atoms with Crippen LogP contribution in [0.5, 0.6) is 0 Å². The van der Waals surface area contributed by atoms with E-state index in [1.807, 2.05) is 30.5 Å². The van der Waals surface area contributed by atoms with Crippen molar-refractivity contribution in [3.8, 4) is 6.07 Å². The highest BCUT2D eigenvalue weighted by Crippen LogP contribution is 2.07. The second kappa shape index (κ2) is 7.43. The molecule has 0 atom stereocenters. The monoisotopic (exact) mass is 270 g/mol. The van der Waals surface area contributed by atoms with Gasteiger partial charge in [0.25, 0.3) is 0 Å². The lowest BCUT2D eigenvalue weighted by atomic mass is 10.1. The van der Waals surface area contributed by atoms with Gasteiger partial charge in [-0.3, -0.25) is 0 Å². The molecule has 0 fully saturated rings. The number of nitrogens with zero attached hydrogens (tertiary/aromatic N) is 3. The highest BCUT2D eigenvalue weighted by Gasteiger charge is 2.03. The van der Waals surface area contributed by atoms with Crippen LogP contribution in [0.1, 0.15) is 17.0 Å². The van der Waals surface area contributed by atoms with E-state index in [1.54, 1.807) is 13.3 Å². The number of benzene rings is 1. The first-order chi connectivity index (χ1) is 9.83. The van der Waals surface area contributed by atoms with Crippen molar-refractivity contribution in [3.05, 3.63) is 53.6 Å². The van der Waals surface area contributed by atoms with Gasteiger partial charge in [0.1, 0.15) is 5.82 Å². The summed E-state index contributed by atoms with van der Waals surface area (Å²) >= 11 is 0. The fourth-order valence-electron chi connectivity index (χ4n) is 1.91. The Bertz CT molecular complexity index is 568. The van der Waals surface area contributed by atoms with E-state index >= 15 is 0 Å². The molecule has 2 rings (SSSR count). The van der Waals surface area contributed by atoms with E-state index in [-0.39, 0.29) is 0 Å². The predicted molar refractivity (Wildman–Crippen MR) is 76.1 cm³/mol. The molecule has 0 unspecified atom stereocenters. The Morgan fingerprint density at radius 1 is 1.35 bits per heavy atom. The molecule has 0 saturated heterocycles. The normalized spacial score (nSPS) is 10.4. The number of methoxy groups -OCH3 is 1. The summed E-state index contributed by atoms with van der Waals surface area (Å²) in [5.41, 5.74) is 1.83. The standard InChI is InChI=1S/C15H18N4O/c1-20-9-7-17-11-15-18-6-8-19(15)12-14-4-2-13(10-16)3-5-14/h2-6,8,17H,7,9,11-12H2,1H3. The molecule has 0 bridgehead atoms. The topological polar surface area (TPSA) is 62.9 Å². The van der Waals surface area contributed by atoms with Crippen LogP contribution in [0, 0.1) is 11.3 Å². The van der Waals surface area contributed by atoms with Crippen LogP contribution in [0.2, 0.25) is 0 Å². The second-order valence-electron chi connectivity index (χ2n) is 4.45. The molecule has 1 aromatic carbocycles. The quantitative estimate of drug-likeness (QED) is 0.775. The summed E-state index contributed by atoms with van der Waals surface area (Å²) in [7, 11) is 1.69. The highest BCUT2D eigenvalue weighted by atomic mass is 16.5. The van der Waals surface area contributed by atoms with Gasteiger partial charge in [-0.15, -0.1) is 0 Å². The maximum atomic E-state index is 8.79. The van der Waals surface area contributed by atoms with Gasteiger partial charge in [0.15, 0.2) is 0 Å². The number of ether oxygens (including phenoxy) is 1. The SMILES string of the molecule is COCCNCc1nccn1Cc1ccc(C#N)cc1. The summed E-state index contributed by atoms with van der Waals surface area (Å²) in [5, 5.41) is 12.1. The Hall–Kier alpha value is -2.16. The average molecular weight is 270 g/mol. The number of imidazole rings is 1. The summed E-state index contributed by atoms with van der Waals surface area (Å²) in [4.78, 5) is 4.35. The van der Waals surface area contributed by atoms with Gasteiger partial charge in [-0.2, -0.15) is 5.26 Å². The summed E-state index contributed by atoms with van der Waals surface area (Å²) < 4.78 is 7.09. The zero-order valence-corrected chi connectivity index (χ0v) is 11.5. The highest BCUT2D eigenvalue weighted by molar-refractivity contribution is 5.31. The minimum absolute atomic E-state index is 0.681. The number of hydrogen-bond donors (Lipinski definition) is 1. The van der Waals surface area contributed by atoms with Crippen molar-refractivity contribution < 1.29 is 4.74 Å². The van der Waals surface area contributed by atoms with E-state index in [1.165, 1.54) is 0 Å². The molecule has 0 spiro atoms. The summed E-state index contributed by atoms with van der Waals surface area (Å²) in [6, 6.07) is 9.74. The van der Waals surface area contributed by atoms with Crippen molar-refractivity contribution in [1.29, 1.82) is 5.26 Å². The summed E-state index contributed by atoms with van der Waals surface area (Å²) in [5.74, 6) is 0.991. The van der Waals surface area contributed by atoms with Crippen molar-refractivity contribution in [3.63, 3.8) is 0 Å². The average Bonchev–Trinajstić information content (AvgIpc) is 2.92. The lowest BCUT2D eigenvalue weighted by Gasteiger charge is -2.09. The zero-order valence-electron chi connectivity index (χ0n) is 11.5. The van der Waals surface area contributed by atoms with Crippen molar-refractivity contribution in [1.82, 2.24) is 14.9 Å². The largest absolute Gasteiger partial charge is 0.383 e. The van der Waals surface area contributed by atoms with Crippen LogP contribution < -0.4 is 5.32 Å². The molecule has 0 saturated carbocycles. The molecule has 5 nitrogen and oxygen atoms in total. The third-order valence-electron chi connectivity index (χ3n) is 3.00. The fourth-order valence-corrected chi connectivity index (χ4v) is 1.91. The molecule has 1 heterocycles. The molecular formula is C15H18N4O. The molecule has 1 aromatic heterocycles. The van der Waals surface area contributed by atoms with Crippen LogP contribution in [-0.4, -0.2) is 29.8 Å². The molecule has 5 heteroatoms. The molecule has 2 aromatic rings. The van der Waals surface area contributed by atoms with Crippen LogP contribution in [0.4, 0.5) is 0 Å². The second-order valence-corrected chi connectivity index (χ2v) is 4.45. The Labute approximate surface area is 118 Å². The van der Waals surface area contributed by atoms with Crippen molar-refractivity contribution in [2.75, 3.05) is 20.3 Å². The fraction of sp³-hybridized carbons (Fsp3) is 0.333. The van der Waals surface area contributed by atoms with Gasteiger partial charge in [-0.25, -0.2) is 4.98 Å². The Balaban J connectivity index is 1.95. The maximum absolute atomic E-state index is 8.79. The number of nitrogens with one attached hydrogen (secondary N) is 1. The van der Waals surface area contributed by atoms with Gasteiger partial charge in [0.05, 0.1) is 24.8 Å². The van der Waals surface area contributed by atoms with E-state index in [2.05, 4.69) is 20.9 Å². The van der Waals surface area contributed by atoms with Gasteiger partial charge < -0.3 is 14.6 Å². The predicted octanol–water partition coefficient (Wildman–Crippen LogP) is 1.54. The first-order valence-electron chi connectivity index (χ1n) is 6.52. The number of aromatic nitrogens is 2. The van der Waals surface area contributed by atoms with Gasteiger partial charge in [-0.1, -0.05) is 12.1 Å². The molecule has 1 N–H and O–H groups in total. The lowest BCUT2D eigenvalue weighted by molar-refractivity contribution is 0.199. The number of rotatable bonds is 7. The van der Waals surface area contributed by atoms with Crippen molar-refractivity contribution >= 4 is 0 Å². The summed E-state index contributed by atoms with van der Waals surface area (Å²) in [6.45, 7) is 2.97. The smallest absolute Gasteiger partial charge is 0.122 e. The van der Waals surface area contributed by atoms with E-state index in [9.17, 15) is 0 Å². The van der Waals surface area contributed by atoms with Crippen LogP contribution >= 0.6 is 0 Å². The van der Waals surface area contributed by atoms with Crippen molar-refractivity contribution in [2.45, 2.75) is 13.1 Å². The van der Waals surface area contributed by atoms with Gasteiger partial charge in [-0.05, 0) is 17.7 Å². The van der Waals surface area contributed by atoms with Gasteiger partial charge in [0, 0.05) is 32.6 Å². The van der Waals surface area contributed by atoms with Crippen LogP contribution in [0.15, 0.2) is 36.7 Å². The first kappa shape index (κ1) is 14.3. The molecule has 20 heavy (non-hydrogen) atoms.